The Morgan fingerprint density at radius 3 is 2.25 bits per heavy atom. The molecule has 0 aromatic heterocycles. The molecule has 11 heteroatoms. The minimum atomic E-state index is -3.97. The van der Waals surface area contributed by atoms with Crippen LogP contribution in [0.4, 0.5) is 5.69 Å². The van der Waals surface area contributed by atoms with E-state index in [0.29, 0.717) is 42.5 Å². The molecular weight excluding hydrogens is 515 g/mol. The van der Waals surface area contributed by atoms with Crippen LogP contribution in [0.2, 0.25) is 15.1 Å². The maximum atomic E-state index is 13.6. The van der Waals surface area contributed by atoms with Gasteiger partial charge in [0.25, 0.3) is 10.0 Å². The van der Waals surface area contributed by atoms with E-state index in [0.717, 1.165) is 0 Å². The Hall–Kier alpha value is -1.03. The monoisotopic (exact) mass is 538 g/mol. The molecule has 0 N–H and O–H groups in total. The van der Waals surface area contributed by atoms with Crippen molar-refractivity contribution in [3.05, 3.63) is 57.5 Å². The molecule has 0 amide bonds. The van der Waals surface area contributed by atoms with Crippen LogP contribution >= 0.6 is 34.8 Å². The zero-order valence-electron chi connectivity index (χ0n) is 17.7. The third-order valence-corrected chi connectivity index (χ3v) is 9.96. The van der Waals surface area contributed by atoms with Gasteiger partial charge in [0.1, 0.15) is 0 Å². The highest BCUT2D eigenvalue weighted by Gasteiger charge is 2.33. The van der Waals surface area contributed by atoms with Crippen molar-refractivity contribution >= 4 is 60.4 Å². The third-order valence-electron chi connectivity index (χ3n) is 5.61. The molecule has 1 heterocycles. The molecule has 1 aliphatic heterocycles. The van der Waals surface area contributed by atoms with E-state index >= 15 is 0 Å². The van der Waals surface area contributed by atoms with Crippen molar-refractivity contribution in [3.8, 4) is 0 Å². The van der Waals surface area contributed by atoms with E-state index in [2.05, 4.69) is 4.90 Å². The highest BCUT2D eigenvalue weighted by atomic mass is 35.5. The molecule has 2 aromatic carbocycles. The fourth-order valence-electron chi connectivity index (χ4n) is 3.81. The van der Waals surface area contributed by atoms with Crippen LogP contribution in [0.1, 0.15) is 19.8 Å². The van der Waals surface area contributed by atoms with E-state index in [4.69, 9.17) is 34.8 Å². The first-order chi connectivity index (χ1) is 14.9. The Kier molecular flexibility index (Phi) is 8.06. The molecular formula is C21H25Cl3N2O4S2. The van der Waals surface area contributed by atoms with E-state index in [-0.39, 0.29) is 20.9 Å². The highest BCUT2D eigenvalue weighted by Crippen LogP contribution is 2.35. The summed E-state index contributed by atoms with van der Waals surface area (Å²) in [5.41, 5.74) is 0.289. The molecule has 2 atom stereocenters. The summed E-state index contributed by atoms with van der Waals surface area (Å²) in [6.07, 6.45) is 2.32. The van der Waals surface area contributed by atoms with E-state index in [1.165, 1.54) is 40.9 Å². The van der Waals surface area contributed by atoms with Crippen LogP contribution in [0.3, 0.4) is 0 Å². The Morgan fingerprint density at radius 2 is 1.66 bits per heavy atom. The second-order valence-electron chi connectivity index (χ2n) is 8.03. The number of sulfonamides is 1. The average molecular weight is 540 g/mol. The van der Waals surface area contributed by atoms with Gasteiger partial charge in [-0.25, -0.2) is 16.8 Å². The van der Waals surface area contributed by atoms with Gasteiger partial charge >= 0.3 is 0 Å². The van der Waals surface area contributed by atoms with Gasteiger partial charge in [-0.05, 0) is 68.8 Å². The van der Waals surface area contributed by atoms with E-state index < -0.39 is 25.9 Å². The molecule has 32 heavy (non-hydrogen) atoms. The minimum absolute atomic E-state index is 0.0862. The highest BCUT2D eigenvalue weighted by molar-refractivity contribution is 7.93. The van der Waals surface area contributed by atoms with Crippen molar-refractivity contribution in [3.63, 3.8) is 0 Å². The Labute approximate surface area is 205 Å². The number of sulfone groups is 1. The summed E-state index contributed by atoms with van der Waals surface area (Å²) in [6, 6.07) is 10.2. The molecule has 0 aliphatic carbocycles. The van der Waals surface area contributed by atoms with Crippen molar-refractivity contribution in [1.82, 2.24) is 4.90 Å². The molecule has 0 saturated carbocycles. The second-order valence-corrected chi connectivity index (χ2v) is 13.4. The van der Waals surface area contributed by atoms with Crippen LogP contribution in [0.25, 0.3) is 0 Å². The number of halogens is 3. The molecule has 0 spiro atoms. The minimum Gasteiger partial charge on any atom is -0.302 e. The topological polar surface area (TPSA) is 74.8 Å². The summed E-state index contributed by atoms with van der Waals surface area (Å²) < 4.78 is 52.2. The van der Waals surface area contributed by atoms with Gasteiger partial charge in [0.2, 0.25) is 0 Å². The van der Waals surface area contributed by atoms with Gasteiger partial charge in [-0.15, -0.1) is 0 Å². The van der Waals surface area contributed by atoms with Gasteiger partial charge in [-0.1, -0.05) is 34.8 Å². The molecule has 2 aromatic rings. The van der Waals surface area contributed by atoms with Crippen LogP contribution in [-0.4, -0.2) is 58.9 Å². The molecule has 1 aliphatic rings. The fraction of sp³-hybridized carbons (Fsp3) is 0.429. The van der Waals surface area contributed by atoms with Crippen LogP contribution in [0, 0.1) is 0 Å². The summed E-state index contributed by atoms with van der Waals surface area (Å²) >= 11 is 18.5. The summed E-state index contributed by atoms with van der Waals surface area (Å²) in [4.78, 5) is 2.14. The van der Waals surface area contributed by atoms with E-state index in [9.17, 15) is 16.8 Å². The number of benzene rings is 2. The number of rotatable bonds is 8. The van der Waals surface area contributed by atoms with Gasteiger partial charge in [0.15, 0.2) is 9.84 Å². The Morgan fingerprint density at radius 1 is 1.03 bits per heavy atom. The number of hydrogen-bond donors (Lipinski definition) is 0. The molecule has 176 valence electrons. The standard InChI is InChI=1S/C21H25Cl3N2O4S2/c1-15(9-11-25-12-10-19(14-25)31(2,27)28)26(21-13-17(23)5-8-20(21)24)32(29,30)18-6-3-16(22)4-7-18/h3-8,13,15,19H,9-12,14H2,1-2H3/t15-,19?/m1/s1. The SMILES string of the molecule is C[C@H](CCN1CCC(S(C)(=O)=O)C1)N(c1cc(Cl)ccc1Cl)S(=O)(=O)c1ccc(Cl)cc1. The maximum absolute atomic E-state index is 13.6. The van der Waals surface area contributed by atoms with Gasteiger partial charge in [-0.3, -0.25) is 4.31 Å². The number of hydrogen-bond acceptors (Lipinski definition) is 5. The Bertz CT molecular complexity index is 1170. The van der Waals surface area contributed by atoms with Gasteiger partial charge in [-0.2, -0.15) is 0 Å². The van der Waals surface area contributed by atoms with Crippen molar-refractivity contribution in [2.45, 2.75) is 36.0 Å². The van der Waals surface area contributed by atoms with Crippen molar-refractivity contribution in [2.24, 2.45) is 0 Å². The largest absolute Gasteiger partial charge is 0.302 e. The molecule has 0 bridgehead atoms. The molecule has 1 saturated heterocycles. The van der Waals surface area contributed by atoms with Crippen molar-refractivity contribution in [2.75, 3.05) is 30.2 Å². The molecule has 0 radical (unpaired) electrons. The summed E-state index contributed by atoms with van der Waals surface area (Å²) in [7, 11) is -7.07. The van der Waals surface area contributed by atoms with Crippen molar-refractivity contribution in [1.29, 1.82) is 0 Å². The number of nitrogens with zero attached hydrogens (tertiary/aromatic N) is 2. The van der Waals surface area contributed by atoms with E-state index in [1.807, 2.05) is 0 Å². The molecule has 3 rings (SSSR count). The molecule has 1 fully saturated rings. The lowest BCUT2D eigenvalue weighted by Gasteiger charge is -2.32. The quantitative estimate of drug-likeness (QED) is 0.484. The summed E-state index contributed by atoms with van der Waals surface area (Å²) in [5.74, 6) is 0. The average Bonchev–Trinajstić information content (AvgIpc) is 3.19. The second kappa shape index (κ2) is 10.1. The van der Waals surface area contributed by atoms with Gasteiger partial charge < -0.3 is 4.90 Å². The normalized spacial score (nSPS) is 18.6. The lowest BCUT2D eigenvalue weighted by Crippen LogP contribution is -2.41. The first-order valence-electron chi connectivity index (χ1n) is 10.1. The van der Waals surface area contributed by atoms with Gasteiger partial charge in [0.05, 0.1) is 20.9 Å². The van der Waals surface area contributed by atoms with Gasteiger partial charge in [0, 0.05) is 35.4 Å². The Balaban J connectivity index is 1.89. The third kappa shape index (κ3) is 5.90. The maximum Gasteiger partial charge on any atom is 0.264 e. The predicted molar refractivity (Wildman–Crippen MR) is 131 cm³/mol. The zero-order chi connectivity index (χ0) is 23.7. The molecule has 6 nitrogen and oxygen atoms in total. The lowest BCUT2D eigenvalue weighted by molar-refractivity contribution is 0.325. The fourth-order valence-corrected chi connectivity index (χ4v) is 7.08. The number of likely N-dealkylation sites (tertiary alicyclic amines) is 1. The smallest absolute Gasteiger partial charge is 0.264 e. The lowest BCUT2D eigenvalue weighted by atomic mass is 10.2. The first kappa shape index (κ1) is 25.6. The predicted octanol–water partition coefficient (Wildman–Crippen LogP) is 4.74. The number of anilines is 1. The van der Waals surface area contributed by atoms with Crippen molar-refractivity contribution < 1.29 is 16.8 Å². The van der Waals surface area contributed by atoms with Crippen LogP contribution in [0.5, 0.6) is 0 Å². The zero-order valence-corrected chi connectivity index (χ0v) is 21.6. The van der Waals surface area contributed by atoms with E-state index in [1.54, 1.807) is 19.1 Å². The van der Waals surface area contributed by atoms with Crippen LogP contribution < -0.4 is 4.31 Å². The van der Waals surface area contributed by atoms with Crippen LogP contribution in [-0.2, 0) is 19.9 Å². The molecule has 1 unspecified atom stereocenters. The first-order valence-corrected chi connectivity index (χ1v) is 14.6. The summed E-state index contributed by atoms with van der Waals surface area (Å²) in [6.45, 7) is 3.46. The van der Waals surface area contributed by atoms with Crippen LogP contribution in [0.15, 0.2) is 47.4 Å². The summed E-state index contributed by atoms with van der Waals surface area (Å²) in [5, 5.41) is 0.674.